The highest BCUT2D eigenvalue weighted by Crippen LogP contribution is 2.26. The zero-order valence-corrected chi connectivity index (χ0v) is 13.8. The molecule has 0 saturated carbocycles. The monoisotopic (exact) mass is 333 g/mol. The van der Waals surface area contributed by atoms with Crippen LogP contribution in [-0.4, -0.2) is 25.3 Å². The Bertz CT molecular complexity index is 875. The number of hydrogen-bond acceptors (Lipinski definition) is 3. The van der Waals surface area contributed by atoms with Crippen molar-refractivity contribution in [2.45, 2.75) is 6.42 Å². The fraction of sp³-hybridized carbons (Fsp3) is 0.143. The van der Waals surface area contributed by atoms with E-state index in [0.29, 0.717) is 17.9 Å². The minimum Gasteiger partial charge on any atom is -0.483 e. The van der Waals surface area contributed by atoms with Crippen LogP contribution in [0.15, 0.2) is 66.7 Å². The van der Waals surface area contributed by atoms with Crippen LogP contribution in [0.5, 0.6) is 5.75 Å². The van der Waals surface area contributed by atoms with Gasteiger partial charge in [-0.05, 0) is 28.8 Å². The fourth-order valence-corrected chi connectivity index (χ4v) is 2.71. The Hall–Kier alpha value is -3.14. The molecule has 0 fully saturated rings. The van der Waals surface area contributed by atoms with Crippen molar-refractivity contribution in [3.05, 3.63) is 77.9 Å². The van der Waals surface area contributed by atoms with E-state index in [1.165, 1.54) is 5.56 Å². The Morgan fingerprint density at radius 1 is 0.960 bits per heavy atom. The Balaban J connectivity index is 1.57. The molecule has 0 aromatic heterocycles. The van der Waals surface area contributed by atoms with Crippen molar-refractivity contribution in [3.63, 3.8) is 0 Å². The van der Waals surface area contributed by atoms with E-state index in [2.05, 4.69) is 5.32 Å². The predicted octanol–water partition coefficient (Wildman–Crippen LogP) is 3.39. The van der Waals surface area contributed by atoms with Crippen molar-refractivity contribution in [2.75, 3.05) is 13.2 Å². The Morgan fingerprint density at radius 3 is 2.52 bits per heavy atom. The molecular formula is C21H19NO3. The lowest BCUT2D eigenvalue weighted by atomic mass is 10.0. The highest BCUT2D eigenvalue weighted by molar-refractivity contribution is 6.00. The molecule has 0 saturated heterocycles. The highest BCUT2D eigenvalue weighted by atomic mass is 16.5. The number of nitrogens with one attached hydrogen (secondary N) is 1. The van der Waals surface area contributed by atoms with Gasteiger partial charge in [-0.15, -0.1) is 0 Å². The summed E-state index contributed by atoms with van der Waals surface area (Å²) in [6.07, 6.45) is 1.53. The van der Waals surface area contributed by atoms with E-state index < -0.39 is 0 Å². The zero-order chi connectivity index (χ0) is 17.5. The van der Waals surface area contributed by atoms with Crippen LogP contribution in [0.25, 0.3) is 10.8 Å². The molecule has 0 radical (unpaired) electrons. The average molecular weight is 333 g/mol. The van der Waals surface area contributed by atoms with E-state index in [9.17, 15) is 9.59 Å². The van der Waals surface area contributed by atoms with E-state index in [4.69, 9.17) is 4.74 Å². The molecule has 0 heterocycles. The molecule has 0 bridgehead atoms. The lowest BCUT2D eigenvalue weighted by molar-refractivity contribution is -0.123. The number of fused-ring (bicyclic) bond motifs is 1. The van der Waals surface area contributed by atoms with Gasteiger partial charge >= 0.3 is 0 Å². The van der Waals surface area contributed by atoms with Gasteiger partial charge in [0, 0.05) is 6.54 Å². The van der Waals surface area contributed by atoms with Gasteiger partial charge in [0.05, 0.1) is 5.56 Å². The number of benzene rings is 3. The number of rotatable bonds is 7. The first-order chi connectivity index (χ1) is 12.3. The van der Waals surface area contributed by atoms with Crippen molar-refractivity contribution in [1.29, 1.82) is 0 Å². The van der Waals surface area contributed by atoms with Crippen LogP contribution in [0.4, 0.5) is 0 Å². The smallest absolute Gasteiger partial charge is 0.257 e. The van der Waals surface area contributed by atoms with Crippen LogP contribution in [-0.2, 0) is 11.2 Å². The Labute approximate surface area is 146 Å². The first-order valence-electron chi connectivity index (χ1n) is 8.18. The molecule has 0 spiro atoms. The number of carbonyl (C=O) groups excluding carboxylic acids is 2. The van der Waals surface area contributed by atoms with E-state index in [1.54, 1.807) is 6.07 Å². The molecule has 0 aliphatic carbocycles. The van der Waals surface area contributed by atoms with Crippen molar-refractivity contribution >= 4 is 23.0 Å². The summed E-state index contributed by atoms with van der Waals surface area (Å²) < 4.78 is 5.56. The zero-order valence-electron chi connectivity index (χ0n) is 13.8. The van der Waals surface area contributed by atoms with Crippen LogP contribution in [0.2, 0.25) is 0 Å². The molecule has 0 unspecified atom stereocenters. The summed E-state index contributed by atoms with van der Waals surface area (Å²) in [6, 6.07) is 21.1. The maximum atomic E-state index is 11.9. The molecule has 4 heteroatoms. The van der Waals surface area contributed by atoms with E-state index >= 15 is 0 Å². The van der Waals surface area contributed by atoms with Gasteiger partial charge in [0.1, 0.15) is 5.75 Å². The maximum Gasteiger partial charge on any atom is 0.257 e. The first-order valence-corrected chi connectivity index (χ1v) is 8.18. The third kappa shape index (κ3) is 4.23. The second-order valence-electron chi connectivity index (χ2n) is 5.69. The SMILES string of the molecule is O=Cc1c(OCC(=O)NCCc2ccccc2)ccc2ccccc12. The summed E-state index contributed by atoms with van der Waals surface area (Å²) >= 11 is 0. The minimum absolute atomic E-state index is 0.117. The van der Waals surface area contributed by atoms with Gasteiger partial charge in [-0.1, -0.05) is 60.7 Å². The first kappa shape index (κ1) is 16.7. The molecule has 1 N–H and O–H groups in total. The van der Waals surface area contributed by atoms with Gasteiger partial charge in [0.15, 0.2) is 12.9 Å². The largest absolute Gasteiger partial charge is 0.483 e. The predicted molar refractivity (Wildman–Crippen MR) is 98.0 cm³/mol. The minimum atomic E-state index is -0.207. The van der Waals surface area contributed by atoms with E-state index in [1.807, 2.05) is 60.7 Å². The molecule has 3 rings (SSSR count). The van der Waals surface area contributed by atoms with Crippen LogP contribution in [0, 0.1) is 0 Å². The third-order valence-corrected chi connectivity index (χ3v) is 3.99. The summed E-state index contributed by atoms with van der Waals surface area (Å²) in [7, 11) is 0. The lowest BCUT2D eigenvalue weighted by Gasteiger charge is -2.11. The Morgan fingerprint density at radius 2 is 1.72 bits per heavy atom. The number of amides is 1. The van der Waals surface area contributed by atoms with Gasteiger partial charge in [-0.25, -0.2) is 0 Å². The molecule has 1 amide bonds. The standard InChI is InChI=1S/C21H19NO3/c23-14-19-18-9-5-4-8-17(18)10-11-20(19)25-15-21(24)22-13-12-16-6-2-1-3-7-16/h1-11,14H,12-13,15H2,(H,22,24). The molecule has 25 heavy (non-hydrogen) atoms. The molecule has 126 valence electrons. The number of carbonyl (C=O) groups is 2. The van der Waals surface area contributed by atoms with Crippen LogP contribution in [0.1, 0.15) is 15.9 Å². The van der Waals surface area contributed by atoms with Gasteiger partial charge < -0.3 is 10.1 Å². The van der Waals surface area contributed by atoms with Gasteiger partial charge in [0.25, 0.3) is 5.91 Å². The summed E-state index contributed by atoms with van der Waals surface area (Å²) in [5, 5.41) is 4.61. The van der Waals surface area contributed by atoms with E-state index in [-0.39, 0.29) is 12.5 Å². The van der Waals surface area contributed by atoms with Crippen LogP contribution < -0.4 is 10.1 Å². The summed E-state index contributed by atoms with van der Waals surface area (Å²) in [4.78, 5) is 23.4. The van der Waals surface area contributed by atoms with Gasteiger partial charge in [-0.3, -0.25) is 9.59 Å². The van der Waals surface area contributed by atoms with E-state index in [0.717, 1.165) is 23.5 Å². The molecule has 3 aromatic rings. The summed E-state index contributed by atoms with van der Waals surface area (Å²) in [5.74, 6) is 0.216. The topological polar surface area (TPSA) is 55.4 Å². The molecule has 0 aliphatic rings. The van der Waals surface area contributed by atoms with Crippen molar-refractivity contribution in [2.24, 2.45) is 0 Å². The molecule has 3 aromatic carbocycles. The van der Waals surface area contributed by atoms with Gasteiger partial charge in [-0.2, -0.15) is 0 Å². The lowest BCUT2D eigenvalue weighted by Crippen LogP contribution is -2.30. The molecular weight excluding hydrogens is 314 g/mol. The average Bonchev–Trinajstić information content (AvgIpc) is 2.66. The second-order valence-corrected chi connectivity index (χ2v) is 5.69. The fourth-order valence-electron chi connectivity index (χ4n) is 2.71. The summed E-state index contributed by atoms with van der Waals surface area (Å²) in [6.45, 7) is 0.429. The van der Waals surface area contributed by atoms with Gasteiger partial charge in [0.2, 0.25) is 0 Å². The molecule has 4 nitrogen and oxygen atoms in total. The Kier molecular flexibility index (Phi) is 5.42. The van der Waals surface area contributed by atoms with Crippen molar-refractivity contribution < 1.29 is 14.3 Å². The number of ether oxygens (including phenoxy) is 1. The number of aldehydes is 1. The second kappa shape index (κ2) is 8.11. The molecule has 0 aliphatic heterocycles. The maximum absolute atomic E-state index is 11.9. The number of hydrogen-bond donors (Lipinski definition) is 1. The summed E-state index contributed by atoms with van der Waals surface area (Å²) in [5.41, 5.74) is 1.64. The third-order valence-electron chi connectivity index (χ3n) is 3.99. The van der Waals surface area contributed by atoms with Crippen LogP contribution >= 0.6 is 0 Å². The highest BCUT2D eigenvalue weighted by Gasteiger charge is 2.10. The molecule has 0 atom stereocenters. The normalized spacial score (nSPS) is 10.4. The van der Waals surface area contributed by atoms with Crippen LogP contribution in [0.3, 0.4) is 0 Å². The quantitative estimate of drug-likeness (QED) is 0.674. The van der Waals surface area contributed by atoms with Crippen molar-refractivity contribution in [1.82, 2.24) is 5.32 Å². The van der Waals surface area contributed by atoms with Crippen molar-refractivity contribution in [3.8, 4) is 5.75 Å².